The summed E-state index contributed by atoms with van der Waals surface area (Å²) >= 11 is 0. The van der Waals surface area contributed by atoms with Crippen LogP contribution in [0.15, 0.2) is 71.8 Å². The third kappa shape index (κ3) is 5.53. The lowest BCUT2D eigenvalue weighted by molar-refractivity contribution is -0.137. The predicted molar refractivity (Wildman–Crippen MR) is 153 cm³/mol. The molecule has 4 N–H and O–H groups in total. The quantitative estimate of drug-likeness (QED) is 0.251. The second-order valence-electron chi connectivity index (χ2n) is 10.1. The Bertz CT molecular complexity index is 1810. The van der Waals surface area contributed by atoms with Crippen LogP contribution in [0.1, 0.15) is 58.6 Å². The average molecular weight is 592 g/mol. The number of fused-ring (bicyclic) bond motifs is 2. The van der Waals surface area contributed by atoms with Gasteiger partial charge in [-0.3, -0.25) is 14.4 Å². The summed E-state index contributed by atoms with van der Waals surface area (Å²) in [7, 11) is -2.56. The van der Waals surface area contributed by atoms with Gasteiger partial charge in [0.05, 0.1) is 17.2 Å². The van der Waals surface area contributed by atoms with Crippen molar-refractivity contribution in [3.63, 3.8) is 0 Å². The molecule has 2 heterocycles. The molecule has 3 aromatic carbocycles. The highest BCUT2D eigenvalue weighted by molar-refractivity contribution is 7.90. The van der Waals surface area contributed by atoms with Crippen molar-refractivity contribution >= 4 is 38.7 Å². The van der Waals surface area contributed by atoms with Gasteiger partial charge in [-0.25, -0.2) is 13.1 Å². The molecule has 2 unspecified atom stereocenters. The monoisotopic (exact) mass is 591 g/mol. The van der Waals surface area contributed by atoms with Crippen LogP contribution in [0, 0.1) is 0 Å². The normalized spacial score (nSPS) is 14.0. The fraction of sp³-hybridized carbons (Fsp3) is 0.233. The molecule has 0 saturated carbocycles. The molecule has 0 bridgehead atoms. The largest absolute Gasteiger partial charge is 0.481 e. The molecule has 11 nitrogen and oxygen atoms in total. The first kappa shape index (κ1) is 28.7. The summed E-state index contributed by atoms with van der Waals surface area (Å²) in [6, 6.07) is 15.6. The van der Waals surface area contributed by atoms with E-state index in [9.17, 15) is 27.9 Å². The zero-order valence-corrected chi connectivity index (χ0v) is 23.7. The minimum Gasteiger partial charge on any atom is -0.481 e. The highest BCUT2D eigenvalue weighted by Gasteiger charge is 2.31. The minimum atomic E-state index is -4.31. The second kappa shape index (κ2) is 11.2. The van der Waals surface area contributed by atoms with Crippen LogP contribution in [0.3, 0.4) is 0 Å². The number of nitrogens with zero attached hydrogens (tertiary/aromatic N) is 1. The van der Waals surface area contributed by atoms with Crippen LogP contribution in [-0.2, 0) is 26.7 Å². The standard InChI is InChI=1S/C30H29N3O8S/c1-3-17(14-27(34)35)18-4-8-21(9-5-18)42(38,39)32-30(37)28(19-7-11-25-26(13-19)41-16-40-25)23-15-33(2)24-12-20(29(31)36)6-10-22(23)24/h4-13,15,17,28H,3,14,16H2,1-2H3,(H2,31,36)(H,32,37)(H,34,35). The van der Waals surface area contributed by atoms with E-state index in [0.29, 0.717) is 51.1 Å². The molecule has 42 heavy (non-hydrogen) atoms. The molecule has 2 atom stereocenters. The smallest absolute Gasteiger partial charge is 0.303 e. The zero-order chi connectivity index (χ0) is 30.2. The number of aryl methyl sites for hydroxylation is 1. The number of hydrogen-bond acceptors (Lipinski definition) is 7. The number of hydrogen-bond donors (Lipinski definition) is 3. The van der Waals surface area contributed by atoms with E-state index in [1.165, 1.54) is 12.1 Å². The Morgan fingerprint density at radius 2 is 1.69 bits per heavy atom. The molecule has 1 aliphatic rings. The van der Waals surface area contributed by atoms with E-state index < -0.39 is 33.7 Å². The Morgan fingerprint density at radius 1 is 1.00 bits per heavy atom. The van der Waals surface area contributed by atoms with E-state index in [1.54, 1.807) is 66.3 Å². The molecule has 4 aromatic rings. The molecule has 0 aliphatic carbocycles. The SMILES string of the molecule is CCC(CC(=O)O)c1ccc(S(=O)(=O)NC(=O)C(c2ccc3c(c2)OCO3)c2cn(C)c3cc(C(N)=O)ccc23)cc1. The third-order valence-corrected chi connectivity index (χ3v) is 8.78. The number of rotatable bonds is 10. The Hall–Kier alpha value is -4.84. The summed E-state index contributed by atoms with van der Waals surface area (Å²) in [6.45, 7) is 1.88. The lowest BCUT2D eigenvalue weighted by atomic mass is 9.90. The number of aromatic nitrogens is 1. The number of carboxylic acid groups (broad SMARTS) is 1. The van der Waals surface area contributed by atoms with Crippen molar-refractivity contribution in [2.45, 2.75) is 36.5 Å². The van der Waals surface area contributed by atoms with Gasteiger partial charge in [-0.15, -0.1) is 0 Å². The number of amides is 2. The molecule has 0 fully saturated rings. The van der Waals surface area contributed by atoms with Crippen molar-refractivity contribution in [3.05, 3.63) is 89.1 Å². The van der Waals surface area contributed by atoms with Gasteiger partial charge in [0.15, 0.2) is 11.5 Å². The van der Waals surface area contributed by atoms with E-state index in [0.717, 1.165) is 0 Å². The molecular formula is C30H29N3O8S. The van der Waals surface area contributed by atoms with Gasteiger partial charge in [0.25, 0.3) is 10.0 Å². The van der Waals surface area contributed by atoms with Crippen LogP contribution in [-0.4, -0.2) is 42.7 Å². The number of benzene rings is 3. The summed E-state index contributed by atoms with van der Waals surface area (Å²) in [5.41, 5.74) is 8.04. The van der Waals surface area contributed by atoms with Crippen molar-refractivity contribution in [3.8, 4) is 11.5 Å². The van der Waals surface area contributed by atoms with E-state index in [1.807, 2.05) is 6.92 Å². The van der Waals surface area contributed by atoms with Gasteiger partial charge in [-0.2, -0.15) is 0 Å². The number of nitrogens with two attached hydrogens (primary N) is 1. The summed E-state index contributed by atoms with van der Waals surface area (Å²) in [5.74, 6) is -2.78. The van der Waals surface area contributed by atoms with Gasteiger partial charge < -0.3 is 24.9 Å². The zero-order valence-electron chi connectivity index (χ0n) is 22.9. The van der Waals surface area contributed by atoms with Gasteiger partial charge in [0.1, 0.15) is 0 Å². The molecule has 5 rings (SSSR count). The molecule has 1 aromatic heterocycles. The fourth-order valence-electron chi connectivity index (χ4n) is 5.24. The highest BCUT2D eigenvalue weighted by Crippen LogP contribution is 2.39. The van der Waals surface area contributed by atoms with Gasteiger partial charge in [0, 0.05) is 29.7 Å². The molecule has 2 amide bonds. The topological polar surface area (TPSA) is 167 Å². The number of carbonyl (C=O) groups excluding carboxylic acids is 2. The number of aliphatic carboxylic acids is 1. The molecule has 0 spiro atoms. The van der Waals surface area contributed by atoms with Gasteiger partial charge in [-0.1, -0.05) is 31.2 Å². The third-order valence-electron chi connectivity index (χ3n) is 7.42. The maximum atomic E-state index is 13.9. The first-order valence-electron chi connectivity index (χ1n) is 13.1. The molecule has 1 aliphatic heterocycles. The van der Waals surface area contributed by atoms with Crippen molar-refractivity contribution in [2.24, 2.45) is 12.8 Å². The van der Waals surface area contributed by atoms with E-state index in [4.69, 9.17) is 15.2 Å². The summed E-state index contributed by atoms with van der Waals surface area (Å²) < 4.78 is 41.6. The summed E-state index contributed by atoms with van der Waals surface area (Å²) in [6.07, 6.45) is 2.19. The minimum absolute atomic E-state index is 0.0234. The van der Waals surface area contributed by atoms with Crippen molar-refractivity contribution in [2.75, 3.05) is 6.79 Å². The van der Waals surface area contributed by atoms with Crippen LogP contribution < -0.4 is 19.9 Å². The van der Waals surface area contributed by atoms with E-state index in [-0.39, 0.29) is 24.0 Å². The van der Waals surface area contributed by atoms with Gasteiger partial charge in [-0.05, 0) is 65.4 Å². The van der Waals surface area contributed by atoms with Crippen LogP contribution in [0.5, 0.6) is 11.5 Å². The number of carboxylic acids is 1. The van der Waals surface area contributed by atoms with Crippen LogP contribution in [0.4, 0.5) is 0 Å². The number of primary amides is 1. The predicted octanol–water partition coefficient (Wildman–Crippen LogP) is 3.61. The van der Waals surface area contributed by atoms with Gasteiger partial charge >= 0.3 is 5.97 Å². The number of sulfonamides is 1. The lowest BCUT2D eigenvalue weighted by Crippen LogP contribution is -2.35. The van der Waals surface area contributed by atoms with Crippen LogP contribution in [0.25, 0.3) is 10.9 Å². The van der Waals surface area contributed by atoms with E-state index >= 15 is 0 Å². The number of nitrogens with one attached hydrogen (secondary N) is 1. The van der Waals surface area contributed by atoms with Crippen molar-refractivity contribution in [1.82, 2.24) is 9.29 Å². The Balaban J connectivity index is 1.53. The second-order valence-corrected chi connectivity index (χ2v) is 11.8. The first-order valence-corrected chi connectivity index (χ1v) is 14.6. The molecule has 0 saturated heterocycles. The van der Waals surface area contributed by atoms with Crippen molar-refractivity contribution < 1.29 is 37.4 Å². The fourth-order valence-corrected chi connectivity index (χ4v) is 6.24. The molecular weight excluding hydrogens is 562 g/mol. The van der Waals surface area contributed by atoms with Crippen molar-refractivity contribution in [1.29, 1.82) is 0 Å². The van der Waals surface area contributed by atoms with Gasteiger partial charge in [0.2, 0.25) is 18.6 Å². The maximum Gasteiger partial charge on any atom is 0.303 e. The highest BCUT2D eigenvalue weighted by atomic mass is 32.2. The number of carbonyl (C=O) groups is 3. The van der Waals surface area contributed by atoms with Crippen LogP contribution in [0.2, 0.25) is 0 Å². The maximum absolute atomic E-state index is 13.9. The Kier molecular flexibility index (Phi) is 7.65. The summed E-state index contributed by atoms with van der Waals surface area (Å²) in [4.78, 5) is 36.7. The molecule has 218 valence electrons. The number of ether oxygens (including phenoxy) is 2. The first-order chi connectivity index (χ1) is 20.0. The summed E-state index contributed by atoms with van der Waals surface area (Å²) in [5, 5.41) is 9.81. The Morgan fingerprint density at radius 3 is 2.36 bits per heavy atom. The van der Waals surface area contributed by atoms with Crippen LogP contribution >= 0.6 is 0 Å². The molecule has 0 radical (unpaired) electrons. The lowest BCUT2D eigenvalue weighted by Gasteiger charge is -2.18. The Labute approximate surface area is 241 Å². The molecule has 12 heteroatoms. The van der Waals surface area contributed by atoms with E-state index in [2.05, 4.69) is 4.72 Å². The average Bonchev–Trinajstić information content (AvgIpc) is 3.55.